The number of thioether (sulfide) groups is 1. The number of hydrogen-bond donors (Lipinski definition) is 0. The maximum atomic E-state index is 3.25. The van der Waals surface area contributed by atoms with E-state index in [-0.39, 0.29) is 0 Å². The van der Waals surface area contributed by atoms with E-state index >= 15 is 0 Å². The summed E-state index contributed by atoms with van der Waals surface area (Å²) in [4.78, 5) is 0. The van der Waals surface area contributed by atoms with Crippen molar-refractivity contribution in [1.82, 2.24) is 0 Å². The summed E-state index contributed by atoms with van der Waals surface area (Å²) in [5, 5.41) is 0.726. The summed E-state index contributed by atoms with van der Waals surface area (Å²) >= 11 is 1.99. The molecule has 1 saturated heterocycles. The topological polar surface area (TPSA) is 0 Å². The van der Waals surface area contributed by atoms with E-state index < -0.39 is 0 Å². The molecule has 0 spiro atoms. The summed E-state index contributed by atoms with van der Waals surface area (Å²) in [5.41, 5.74) is 0. The Morgan fingerprint density at radius 1 is 1.78 bits per heavy atom. The van der Waals surface area contributed by atoms with Crippen molar-refractivity contribution >= 4 is 11.8 Å². The standard InChI is InChI=1S/C8H8S/c1-2-8-6-4-3-5-7(8)9-8/h3,5,7H,2H2,1H3. The number of hydrogen-bond acceptors (Lipinski definition) is 1. The second-order valence-electron chi connectivity index (χ2n) is 2.41. The molecule has 9 heavy (non-hydrogen) atoms. The normalized spacial score (nSPS) is 43.0. The first-order valence-electron chi connectivity index (χ1n) is 3.24. The third kappa shape index (κ3) is 0.632. The highest BCUT2D eigenvalue weighted by Crippen LogP contribution is 2.56. The molecule has 46 valence electrons. The zero-order chi connectivity index (χ0) is 6.32. The molecule has 1 heterocycles. The van der Waals surface area contributed by atoms with Crippen LogP contribution in [0.15, 0.2) is 12.2 Å². The minimum Gasteiger partial charge on any atom is -0.130 e. The van der Waals surface area contributed by atoms with Crippen LogP contribution in [0.2, 0.25) is 0 Å². The Morgan fingerprint density at radius 3 is 3.22 bits per heavy atom. The van der Waals surface area contributed by atoms with E-state index in [1.165, 1.54) is 6.42 Å². The van der Waals surface area contributed by atoms with Crippen LogP contribution in [0.3, 0.4) is 0 Å². The number of rotatable bonds is 1. The van der Waals surface area contributed by atoms with Gasteiger partial charge in [0.25, 0.3) is 0 Å². The van der Waals surface area contributed by atoms with Crippen LogP contribution in [-0.4, -0.2) is 10.00 Å². The average molecular weight is 136 g/mol. The predicted molar refractivity (Wildman–Crippen MR) is 41.3 cm³/mol. The molecule has 0 saturated carbocycles. The van der Waals surface area contributed by atoms with Crippen molar-refractivity contribution in [2.45, 2.75) is 23.3 Å². The Morgan fingerprint density at radius 2 is 2.67 bits per heavy atom. The Balaban J connectivity index is 2.29. The highest BCUT2D eigenvalue weighted by atomic mass is 32.2. The van der Waals surface area contributed by atoms with Gasteiger partial charge in [-0.25, -0.2) is 0 Å². The average Bonchev–Trinajstić information content (AvgIpc) is 2.62. The van der Waals surface area contributed by atoms with Crippen LogP contribution in [0.4, 0.5) is 0 Å². The van der Waals surface area contributed by atoms with E-state index in [1.54, 1.807) is 0 Å². The number of allylic oxidation sites excluding steroid dienone is 1. The predicted octanol–water partition coefficient (Wildman–Crippen LogP) is 1.82. The van der Waals surface area contributed by atoms with Crippen molar-refractivity contribution in [3.05, 3.63) is 12.2 Å². The molecule has 0 amide bonds. The molecular formula is C8H8S. The van der Waals surface area contributed by atoms with E-state index in [1.807, 2.05) is 17.8 Å². The summed E-state index contributed by atoms with van der Waals surface area (Å²) in [6.45, 7) is 2.21. The van der Waals surface area contributed by atoms with Crippen LogP contribution < -0.4 is 0 Å². The van der Waals surface area contributed by atoms with Crippen molar-refractivity contribution in [2.24, 2.45) is 0 Å². The first-order valence-corrected chi connectivity index (χ1v) is 4.12. The molecule has 1 heteroatoms. The maximum absolute atomic E-state index is 3.25. The minimum atomic E-state index is 0.356. The van der Waals surface area contributed by atoms with Gasteiger partial charge in [0.05, 0.1) is 10.00 Å². The zero-order valence-electron chi connectivity index (χ0n) is 5.35. The fourth-order valence-corrected chi connectivity index (χ4v) is 2.29. The Labute approximate surface area is 59.7 Å². The summed E-state index contributed by atoms with van der Waals surface area (Å²) in [6.07, 6.45) is 5.38. The monoisotopic (exact) mass is 136 g/mol. The lowest BCUT2D eigenvalue weighted by atomic mass is 10.0. The Hall–Kier alpha value is -0.350. The fraction of sp³-hybridized carbons (Fsp3) is 0.500. The second kappa shape index (κ2) is 1.58. The molecule has 1 aliphatic heterocycles. The van der Waals surface area contributed by atoms with Crippen molar-refractivity contribution in [1.29, 1.82) is 0 Å². The zero-order valence-corrected chi connectivity index (χ0v) is 6.16. The van der Waals surface area contributed by atoms with Gasteiger partial charge in [0, 0.05) is 0 Å². The summed E-state index contributed by atoms with van der Waals surface area (Å²) in [5.74, 6) is 6.26. The van der Waals surface area contributed by atoms with Gasteiger partial charge >= 0.3 is 0 Å². The van der Waals surface area contributed by atoms with E-state index in [0.29, 0.717) is 4.75 Å². The first kappa shape index (κ1) is 5.44. The van der Waals surface area contributed by atoms with Crippen LogP contribution in [0.25, 0.3) is 0 Å². The SMILES string of the molecule is CCC12C#CC=CC1S2. The van der Waals surface area contributed by atoms with Crippen LogP contribution in [-0.2, 0) is 0 Å². The molecule has 2 unspecified atom stereocenters. The quantitative estimate of drug-likeness (QED) is 0.391. The van der Waals surface area contributed by atoms with Gasteiger partial charge in [-0.3, -0.25) is 0 Å². The van der Waals surface area contributed by atoms with Gasteiger partial charge in [0.2, 0.25) is 0 Å². The minimum absolute atomic E-state index is 0.356. The van der Waals surface area contributed by atoms with Gasteiger partial charge in [-0.2, -0.15) is 0 Å². The lowest BCUT2D eigenvalue weighted by Crippen LogP contribution is -2.09. The third-order valence-corrected chi connectivity index (χ3v) is 3.53. The van der Waals surface area contributed by atoms with Gasteiger partial charge in [-0.05, 0) is 12.5 Å². The molecule has 0 N–H and O–H groups in total. The van der Waals surface area contributed by atoms with Crippen LogP contribution in [0.5, 0.6) is 0 Å². The maximum Gasteiger partial charge on any atom is 0.0926 e. The van der Waals surface area contributed by atoms with E-state index in [2.05, 4.69) is 24.8 Å². The van der Waals surface area contributed by atoms with E-state index in [0.717, 1.165) is 5.25 Å². The van der Waals surface area contributed by atoms with Gasteiger partial charge in [-0.1, -0.05) is 24.8 Å². The van der Waals surface area contributed by atoms with Gasteiger partial charge < -0.3 is 0 Å². The van der Waals surface area contributed by atoms with Crippen LogP contribution in [0.1, 0.15) is 13.3 Å². The van der Waals surface area contributed by atoms with Crippen molar-refractivity contribution in [3.8, 4) is 11.8 Å². The molecule has 0 bridgehead atoms. The molecule has 0 aromatic carbocycles. The second-order valence-corrected chi connectivity index (χ2v) is 3.88. The molecule has 0 radical (unpaired) electrons. The van der Waals surface area contributed by atoms with Crippen LogP contribution >= 0.6 is 11.8 Å². The fourth-order valence-electron chi connectivity index (χ4n) is 1.16. The highest BCUT2D eigenvalue weighted by Gasteiger charge is 2.52. The van der Waals surface area contributed by atoms with Crippen molar-refractivity contribution in [3.63, 3.8) is 0 Å². The molecule has 0 aromatic rings. The molecule has 2 aliphatic rings. The lowest BCUT2D eigenvalue weighted by Gasteiger charge is -2.01. The number of fused-ring (bicyclic) bond motifs is 1. The molecule has 1 aliphatic carbocycles. The highest BCUT2D eigenvalue weighted by molar-refractivity contribution is 8.09. The lowest BCUT2D eigenvalue weighted by molar-refractivity contribution is 0.807. The summed E-state index contributed by atoms with van der Waals surface area (Å²) in [7, 11) is 0. The third-order valence-electron chi connectivity index (χ3n) is 1.90. The molecule has 2 atom stereocenters. The van der Waals surface area contributed by atoms with Gasteiger partial charge in [0.15, 0.2) is 0 Å². The smallest absolute Gasteiger partial charge is 0.0926 e. The first-order chi connectivity index (χ1) is 4.37. The van der Waals surface area contributed by atoms with E-state index in [4.69, 9.17) is 0 Å². The summed E-state index contributed by atoms with van der Waals surface area (Å²) in [6, 6.07) is 0. The molecule has 0 nitrogen and oxygen atoms in total. The van der Waals surface area contributed by atoms with Gasteiger partial charge in [0.1, 0.15) is 0 Å². The van der Waals surface area contributed by atoms with Gasteiger partial charge in [-0.15, -0.1) is 11.8 Å². The van der Waals surface area contributed by atoms with E-state index in [9.17, 15) is 0 Å². The van der Waals surface area contributed by atoms with Crippen molar-refractivity contribution < 1.29 is 0 Å². The van der Waals surface area contributed by atoms with Crippen LogP contribution in [0, 0.1) is 11.8 Å². The molecule has 1 fully saturated rings. The Kier molecular flexibility index (Phi) is 0.952. The Bertz CT molecular complexity index is 218. The summed E-state index contributed by atoms with van der Waals surface area (Å²) < 4.78 is 0.356. The molecule has 0 aromatic heterocycles. The largest absolute Gasteiger partial charge is 0.130 e. The molecule has 2 rings (SSSR count). The van der Waals surface area contributed by atoms with Crippen molar-refractivity contribution in [2.75, 3.05) is 0 Å². The molecular weight excluding hydrogens is 128 g/mol.